The van der Waals surface area contributed by atoms with Gasteiger partial charge in [-0.15, -0.1) is 0 Å². The van der Waals surface area contributed by atoms with Gasteiger partial charge in [-0.1, -0.05) is 30.3 Å². The first kappa shape index (κ1) is 17.1. The molecule has 0 unspecified atom stereocenters. The predicted molar refractivity (Wildman–Crippen MR) is 96.8 cm³/mol. The number of carbonyl (C=O) groups excluding carboxylic acids is 1. The van der Waals surface area contributed by atoms with Gasteiger partial charge in [-0.2, -0.15) is 5.26 Å². The van der Waals surface area contributed by atoms with Crippen LogP contribution >= 0.6 is 11.8 Å². The van der Waals surface area contributed by atoms with Crippen LogP contribution in [0.4, 0.5) is 0 Å². The van der Waals surface area contributed by atoms with Crippen molar-refractivity contribution in [3.05, 3.63) is 57.9 Å². The predicted octanol–water partition coefficient (Wildman–Crippen LogP) is 3.02. The van der Waals surface area contributed by atoms with Crippen LogP contribution in [-0.4, -0.2) is 22.1 Å². The number of allylic oxidation sites excluding steroid dienone is 2. The van der Waals surface area contributed by atoms with Crippen LogP contribution in [0.25, 0.3) is 0 Å². The Morgan fingerprint density at radius 2 is 2.08 bits per heavy atom. The highest BCUT2D eigenvalue weighted by Crippen LogP contribution is 2.45. The zero-order valence-electron chi connectivity index (χ0n) is 14.2. The Morgan fingerprint density at radius 3 is 2.68 bits per heavy atom. The van der Waals surface area contributed by atoms with Gasteiger partial charge in [-0.3, -0.25) is 4.90 Å². The van der Waals surface area contributed by atoms with Gasteiger partial charge in [0.05, 0.1) is 23.4 Å². The van der Waals surface area contributed by atoms with Gasteiger partial charge in [0.1, 0.15) is 16.8 Å². The first-order valence-electron chi connectivity index (χ1n) is 7.86. The number of ether oxygens (including phenoxy) is 1. The molecule has 25 heavy (non-hydrogen) atoms. The Bertz CT molecular complexity index is 850. The van der Waals surface area contributed by atoms with E-state index in [0.29, 0.717) is 27.2 Å². The number of rotatable bonds is 3. The van der Waals surface area contributed by atoms with Gasteiger partial charge in [0.15, 0.2) is 5.17 Å². The number of amidine groups is 1. The number of hydrogen-bond acceptors (Lipinski definition) is 7. The summed E-state index contributed by atoms with van der Waals surface area (Å²) < 4.78 is 5.43. The normalized spacial score (nSPS) is 19.7. The number of benzene rings is 1. The smallest absolute Gasteiger partial charge is 0.338 e. The van der Waals surface area contributed by atoms with E-state index in [9.17, 15) is 10.1 Å². The van der Waals surface area contributed by atoms with E-state index in [2.05, 4.69) is 11.1 Å². The van der Waals surface area contributed by atoms with Crippen molar-refractivity contribution in [1.29, 1.82) is 5.26 Å². The Balaban J connectivity index is 2.16. The van der Waals surface area contributed by atoms with E-state index in [1.54, 1.807) is 25.7 Å². The topological polar surface area (TPSA) is 91.7 Å². The molecule has 0 saturated heterocycles. The number of nitrogens with zero attached hydrogens (tertiary/aromatic N) is 3. The molecule has 2 aliphatic heterocycles. The molecular formula is C18H18N4O2S. The molecule has 2 heterocycles. The van der Waals surface area contributed by atoms with Crippen molar-refractivity contribution < 1.29 is 9.53 Å². The quantitative estimate of drug-likeness (QED) is 0.839. The maximum Gasteiger partial charge on any atom is 0.338 e. The third kappa shape index (κ3) is 3.01. The summed E-state index contributed by atoms with van der Waals surface area (Å²) in [5.74, 6) is -0.116. The molecule has 0 radical (unpaired) electrons. The highest BCUT2D eigenvalue weighted by molar-refractivity contribution is 8.17. The lowest BCUT2D eigenvalue weighted by Gasteiger charge is -2.35. The third-order valence-electron chi connectivity index (χ3n) is 3.86. The number of aliphatic imine (C=N–C) groups is 1. The molecule has 0 aromatic heterocycles. The van der Waals surface area contributed by atoms with Crippen molar-refractivity contribution in [1.82, 2.24) is 4.90 Å². The van der Waals surface area contributed by atoms with E-state index in [1.165, 1.54) is 11.8 Å². The van der Waals surface area contributed by atoms with Gasteiger partial charge in [0.25, 0.3) is 0 Å². The number of hydrogen-bond donors (Lipinski definition) is 1. The third-order valence-corrected chi connectivity index (χ3v) is 4.83. The van der Waals surface area contributed by atoms with Crippen molar-refractivity contribution in [3.63, 3.8) is 0 Å². The second-order valence-electron chi connectivity index (χ2n) is 5.96. The van der Waals surface area contributed by atoms with E-state index in [4.69, 9.17) is 10.5 Å². The molecule has 0 saturated carbocycles. The van der Waals surface area contributed by atoms with Crippen molar-refractivity contribution >= 4 is 22.9 Å². The fraction of sp³-hybridized carbons (Fsp3) is 0.278. The van der Waals surface area contributed by atoms with Crippen LogP contribution in [0.2, 0.25) is 0 Å². The first-order valence-corrected chi connectivity index (χ1v) is 8.68. The van der Waals surface area contributed by atoms with Crippen molar-refractivity contribution in [2.75, 3.05) is 0 Å². The SMILES string of the molecule is CC1=C(C(=O)OC(C)C)[C@@H](c2ccccc2)N2C(=N1)SC(C#N)=C2N. The molecule has 1 atom stereocenters. The second-order valence-corrected chi connectivity index (χ2v) is 6.94. The Labute approximate surface area is 150 Å². The lowest BCUT2D eigenvalue weighted by atomic mass is 9.94. The molecule has 1 aromatic carbocycles. The van der Waals surface area contributed by atoms with Crippen LogP contribution in [0, 0.1) is 11.3 Å². The molecular weight excluding hydrogens is 336 g/mol. The highest BCUT2D eigenvalue weighted by atomic mass is 32.2. The van der Waals surface area contributed by atoms with Crippen LogP contribution < -0.4 is 5.73 Å². The molecule has 1 aromatic rings. The zero-order chi connectivity index (χ0) is 18.1. The standard InChI is InChI=1S/C18H18N4O2S/c1-10(2)24-17(23)14-11(3)21-18-22(16(20)13(9-19)25-18)15(14)12-7-5-4-6-8-12/h4-8,10,15H,20H2,1-3H3/t15-/m1/s1. The van der Waals surface area contributed by atoms with E-state index < -0.39 is 12.0 Å². The minimum Gasteiger partial charge on any atom is -0.459 e. The van der Waals surface area contributed by atoms with E-state index in [0.717, 1.165) is 5.56 Å². The monoisotopic (exact) mass is 354 g/mol. The summed E-state index contributed by atoms with van der Waals surface area (Å²) in [5.41, 5.74) is 8.08. The summed E-state index contributed by atoms with van der Waals surface area (Å²) in [4.78, 5) is 19.4. The molecule has 7 heteroatoms. The zero-order valence-corrected chi connectivity index (χ0v) is 15.0. The number of esters is 1. The average Bonchev–Trinajstić information content (AvgIpc) is 2.89. The highest BCUT2D eigenvalue weighted by Gasteiger charge is 2.42. The van der Waals surface area contributed by atoms with Crippen molar-refractivity contribution in [2.45, 2.75) is 32.9 Å². The summed E-state index contributed by atoms with van der Waals surface area (Å²) in [7, 11) is 0. The summed E-state index contributed by atoms with van der Waals surface area (Å²) >= 11 is 1.22. The number of carbonyl (C=O) groups is 1. The van der Waals surface area contributed by atoms with Gasteiger partial charge >= 0.3 is 5.97 Å². The fourth-order valence-corrected chi connectivity index (χ4v) is 3.75. The summed E-state index contributed by atoms with van der Waals surface area (Å²) in [5, 5.41) is 9.90. The Hall–Kier alpha value is -2.72. The molecule has 0 bridgehead atoms. The Kier molecular flexibility index (Phi) is 4.55. The second kappa shape index (κ2) is 6.65. The summed E-state index contributed by atoms with van der Waals surface area (Å²) in [6.07, 6.45) is -0.245. The minimum absolute atomic E-state index is 0.245. The lowest BCUT2D eigenvalue weighted by Crippen LogP contribution is -2.39. The van der Waals surface area contributed by atoms with Crippen LogP contribution in [-0.2, 0) is 9.53 Å². The molecule has 2 aliphatic rings. The summed E-state index contributed by atoms with van der Waals surface area (Å²) in [6.45, 7) is 5.38. The van der Waals surface area contributed by atoms with E-state index >= 15 is 0 Å². The average molecular weight is 354 g/mol. The molecule has 3 rings (SSSR count). The van der Waals surface area contributed by atoms with Crippen molar-refractivity contribution in [2.24, 2.45) is 10.7 Å². The summed E-state index contributed by atoms with van der Waals surface area (Å²) in [6, 6.07) is 11.2. The number of nitrogens with two attached hydrogens (primary N) is 1. The number of thioether (sulfide) groups is 1. The van der Waals surface area contributed by atoms with Gasteiger partial charge < -0.3 is 10.5 Å². The largest absolute Gasteiger partial charge is 0.459 e. The molecule has 0 spiro atoms. The molecule has 0 fully saturated rings. The van der Waals surface area contributed by atoms with Crippen molar-refractivity contribution in [3.8, 4) is 6.07 Å². The Morgan fingerprint density at radius 1 is 1.40 bits per heavy atom. The number of fused-ring (bicyclic) bond motifs is 1. The minimum atomic E-state index is -0.474. The fourth-order valence-electron chi connectivity index (χ4n) is 2.83. The van der Waals surface area contributed by atoms with E-state index in [1.807, 2.05) is 30.3 Å². The molecule has 128 valence electrons. The van der Waals surface area contributed by atoms with Gasteiger partial charge in [-0.25, -0.2) is 9.79 Å². The van der Waals surface area contributed by atoms with Crippen LogP contribution in [0.1, 0.15) is 32.4 Å². The van der Waals surface area contributed by atoms with Crippen LogP contribution in [0.3, 0.4) is 0 Å². The molecule has 6 nitrogen and oxygen atoms in total. The maximum absolute atomic E-state index is 12.7. The van der Waals surface area contributed by atoms with Crippen LogP contribution in [0.15, 0.2) is 57.3 Å². The molecule has 2 N–H and O–H groups in total. The van der Waals surface area contributed by atoms with Gasteiger partial charge in [0.2, 0.25) is 0 Å². The molecule has 0 amide bonds. The van der Waals surface area contributed by atoms with Gasteiger partial charge in [-0.05, 0) is 38.1 Å². The van der Waals surface area contributed by atoms with Gasteiger partial charge in [0, 0.05) is 0 Å². The maximum atomic E-state index is 12.7. The van der Waals surface area contributed by atoms with Crippen LogP contribution in [0.5, 0.6) is 0 Å². The lowest BCUT2D eigenvalue weighted by molar-refractivity contribution is -0.143. The van der Waals surface area contributed by atoms with E-state index in [-0.39, 0.29) is 6.10 Å². The number of nitriles is 1. The molecule has 0 aliphatic carbocycles. The first-order chi connectivity index (χ1) is 11.9.